The van der Waals surface area contributed by atoms with Gasteiger partial charge >= 0.3 is 6.09 Å². The Balaban J connectivity index is 0.000000203. The molecule has 5 N–H and O–H groups in total. The lowest BCUT2D eigenvalue weighted by molar-refractivity contribution is -0.384. The Morgan fingerprint density at radius 3 is 1.68 bits per heavy atom. The van der Waals surface area contributed by atoms with E-state index < -0.39 is 27.6 Å². The van der Waals surface area contributed by atoms with E-state index in [2.05, 4.69) is 35.9 Å². The average Bonchev–Trinajstić information content (AvgIpc) is 4.04. The van der Waals surface area contributed by atoms with E-state index in [1.807, 2.05) is 24.3 Å². The van der Waals surface area contributed by atoms with Gasteiger partial charge in [-0.1, -0.05) is 0 Å². The molecule has 8 rings (SSSR count). The second kappa shape index (κ2) is 17.9. The fourth-order valence-corrected chi connectivity index (χ4v) is 6.86. The van der Waals surface area contributed by atoms with Gasteiger partial charge in [0.15, 0.2) is 0 Å². The molecule has 0 aliphatic carbocycles. The van der Waals surface area contributed by atoms with Gasteiger partial charge in [-0.05, 0) is 114 Å². The third-order valence-corrected chi connectivity index (χ3v) is 9.76. The molecule has 0 radical (unpaired) electrons. The van der Waals surface area contributed by atoms with E-state index in [0.717, 1.165) is 42.6 Å². The van der Waals surface area contributed by atoms with Gasteiger partial charge in [0.1, 0.15) is 23.3 Å². The largest absolute Gasteiger partial charge is 0.444 e. The molecule has 60 heavy (non-hydrogen) atoms. The maximum absolute atomic E-state index is 12.8. The number of anilines is 2. The van der Waals surface area contributed by atoms with Crippen LogP contribution in [0, 0.1) is 20.2 Å². The molecule has 2 aromatic heterocycles. The highest BCUT2D eigenvalue weighted by Gasteiger charge is 2.36. The van der Waals surface area contributed by atoms with E-state index in [0.29, 0.717) is 52.4 Å². The molecule has 4 aromatic carbocycles. The highest BCUT2D eigenvalue weighted by Crippen LogP contribution is 2.28. The molecule has 18 nitrogen and oxygen atoms in total. The highest BCUT2D eigenvalue weighted by molar-refractivity contribution is 5.97. The van der Waals surface area contributed by atoms with Crippen molar-refractivity contribution in [1.82, 2.24) is 30.2 Å². The van der Waals surface area contributed by atoms with Crippen molar-refractivity contribution >= 4 is 75.1 Å². The Hall–Kier alpha value is -6.92. The van der Waals surface area contributed by atoms with Crippen LogP contribution in [0.25, 0.3) is 44.8 Å². The summed E-state index contributed by atoms with van der Waals surface area (Å²) in [5, 5.41) is 30.8. The van der Waals surface area contributed by atoms with Crippen molar-refractivity contribution < 1.29 is 29.0 Å². The molecule has 0 spiro atoms. The first-order valence-electron chi connectivity index (χ1n) is 19.0. The smallest absolute Gasteiger partial charge is 0.410 e. The lowest BCUT2D eigenvalue weighted by atomic mass is 10.1. The molecular weight excluding hydrogens is 796 g/mol. The number of aromatic nitrogens is 4. The summed E-state index contributed by atoms with van der Waals surface area (Å²) in [6.45, 7) is 6.74. The van der Waals surface area contributed by atoms with Crippen molar-refractivity contribution in [3.8, 4) is 22.8 Å². The number of nitrogens with zero attached hydrogens (tertiary/aromatic N) is 5. The Morgan fingerprint density at radius 1 is 0.733 bits per heavy atom. The molecule has 2 atom stereocenters. The third-order valence-electron chi connectivity index (χ3n) is 9.76. The van der Waals surface area contributed by atoms with Crippen LogP contribution in [0.3, 0.4) is 0 Å². The number of halogens is 1. The van der Waals surface area contributed by atoms with Gasteiger partial charge in [0.25, 0.3) is 11.4 Å². The van der Waals surface area contributed by atoms with Crippen molar-refractivity contribution in [3.63, 3.8) is 0 Å². The van der Waals surface area contributed by atoms with E-state index in [9.17, 15) is 34.6 Å². The second-order valence-corrected chi connectivity index (χ2v) is 15.2. The number of nitro groups is 2. The number of likely N-dealkylation sites (tertiary alicyclic amines) is 1. The zero-order valence-corrected chi connectivity index (χ0v) is 33.7. The second-order valence-electron chi connectivity index (χ2n) is 15.2. The molecule has 2 saturated heterocycles. The summed E-state index contributed by atoms with van der Waals surface area (Å²) in [5.41, 5.74) is 4.76. The number of rotatable bonds is 8. The van der Waals surface area contributed by atoms with Crippen LogP contribution in [-0.4, -0.2) is 83.4 Å². The molecule has 312 valence electrons. The number of non-ortho nitro benzene ring substituents is 2. The van der Waals surface area contributed by atoms with Crippen LogP contribution in [0.15, 0.2) is 84.9 Å². The van der Waals surface area contributed by atoms with E-state index in [1.54, 1.807) is 57.2 Å². The van der Waals surface area contributed by atoms with Crippen LogP contribution >= 0.6 is 12.4 Å². The third kappa shape index (κ3) is 10.0. The van der Waals surface area contributed by atoms with Crippen LogP contribution in [0.2, 0.25) is 0 Å². The first-order chi connectivity index (χ1) is 28.2. The average molecular weight is 839 g/mol. The van der Waals surface area contributed by atoms with Crippen LogP contribution in [0.1, 0.15) is 46.5 Å². The summed E-state index contributed by atoms with van der Waals surface area (Å²) in [6, 6.07) is 22.7. The number of aromatic amines is 2. The van der Waals surface area contributed by atoms with Crippen LogP contribution in [-0.2, 0) is 14.3 Å². The molecule has 6 aromatic rings. The summed E-state index contributed by atoms with van der Waals surface area (Å²) >= 11 is 0. The summed E-state index contributed by atoms with van der Waals surface area (Å²) in [7, 11) is 0. The zero-order chi connectivity index (χ0) is 41.8. The summed E-state index contributed by atoms with van der Waals surface area (Å²) in [4.78, 5) is 74.9. The van der Waals surface area contributed by atoms with Crippen molar-refractivity contribution in [2.75, 3.05) is 23.7 Å². The van der Waals surface area contributed by atoms with Gasteiger partial charge in [-0.15, -0.1) is 12.4 Å². The summed E-state index contributed by atoms with van der Waals surface area (Å²) < 4.78 is 5.42. The summed E-state index contributed by atoms with van der Waals surface area (Å²) in [5.74, 6) is 0.902. The Morgan fingerprint density at radius 2 is 1.23 bits per heavy atom. The van der Waals surface area contributed by atoms with Crippen LogP contribution in [0.5, 0.6) is 0 Å². The number of carbonyl (C=O) groups is 3. The molecule has 2 aliphatic heterocycles. The van der Waals surface area contributed by atoms with Crippen molar-refractivity contribution in [1.29, 1.82) is 0 Å². The number of nitro benzene ring substituents is 2. The number of fused-ring (bicyclic) bond motifs is 2. The van der Waals surface area contributed by atoms with E-state index in [1.165, 1.54) is 29.2 Å². The molecule has 4 heterocycles. The number of imidazole rings is 2. The van der Waals surface area contributed by atoms with E-state index in [-0.39, 0.29) is 41.6 Å². The van der Waals surface area contributed by atoms with Crippen molar-refractivity contribution in [2.45, 2.75) is 64.1 Å². The molecule has 3 amide bonds. The molecule has 0 unspecified atom stereocenters. The van der Waals surface area contributed by atoms with E-state index >= 15 is 0 Å². The molecule has 2 fully saturated rings. The molecule has 0 bridgehead atoms. The summed E-state index contributed by atoms with van der Waals surface area (Å²) in [6.07, 6.45) is 2.70. The predicted octanol–water partition coefficient (Wildman–Crippen LogP) is 7.73. The minimum Gasteiger partial charge on any atom is -0.444 e. The first-order valence-corrected chi connectivity index (χ1v) is 19.0. The topological polar surface area (TPSA) is 243 Å². The number of ether oxygens (including phenoxy) is 1. The monoisotopic (exact) mass is 838 g/mol. The lowest BCUT2D eigenvalue weighted by Gasteiger charge is -2.28. The fourth-order valence-electron chi connectivity index (χ4n) is 6.86. The number of nitrogens with one attached hydrogen (secondary N) is 5. The van der Waals surface area contributed by atoms with Gasteiger partial charge in [0.05, 0.1) is 38.0 Å². The number of hydrogen-bond donors (Lipinski definition) is 5. The maximum Gasteiger partial charge on any atom is 0.410 e. The standard InChI is InChI=1S/C23H25N5O5.C18H17N5O3.ClH/c1-23(2,3)33-22(30)27-12-4-5-19(27)21(29)24-15-8-6-14(7-9-15)20-25-17-11-10-16(28(31)32)13-18(17)26-20;24-18(15-2-1-9-19-15)20-12-5-3-11(4-6-12)17-21-14-8-7-13(23(25)26)10-16(14)22-17;/h6-11,13,19H,4-5,12H2,1-3H3,(H,24,29)(H,25,26);3-8,10,15,19H,1-2,9H2,(H,20,24)(H,21,22);1H/t19-;15-;/m00./s1. The van der Waals surface area contributed by atoms with Crippen molar-refractivity contribution in [3.05, 3.63) is 105 Å². The number of carbonyl (C=O) groups excluding carboxylic acids is 3. The fraction of sp³-hybridized carbons (Fsp3) is 0.293. The predicted molar refractivity (Wildman–Crippen MR) is 228 cm³/mol. The SMILES string of the molecule is CC(C)(C)OC(=O)N1CCC[C@H]1C(=O)Nc1ccc(-c2nc3ccc([N+](=O)[O-])cc3[nH]2)cc1.Cl.O=C(Nc1ccc(-c2nc3ccc([N+](=O)[O-])cc3[nH]2)cc1)[C@@H]1CCCN1. The van der Waals surface area contributed by atoms with Crippen LogP contribution in [0.4, 0.5) is 27.5 Å². The van der Waals surface area contributed by atoms with Gasteiger partial charge < -0.3 is 30.7 Å². The minimum absolute atomic E-state index is 0. The van der Waals surface area contributed by atoms with Gasteiger partial charge in [-0.3, -0.25) is 34.7 Å². The van der Waals surface area contributed by atoms with Gasteiger partial charge in [0, 0.05) is 53.3 Å². The van der Waals surface area contributed by atoms with Gasteiger partial charge in [0.2, 0.25) is 11.8 Å². The number of amides is 3. The number of H-pyrrole nitrogens is 2. The molecule has 2 aliphatic rings. The Kier molecular flexibility index (Phi) is 12.7. The highest BCUT2D eigenvalue weighted by atomic mass is 35.5. The number of hydrogen-bond acceptors (Lipinski definition) is 11. The van der Waals surface area contributed by atoms with Crippen molar-refractivity contribution in [2.24, 2.45) is 0 Å². The minimum atomic E-state index is -0.627. The molecular formula is C41H43ClN10O8. The van der Waals surface area contributed by atoms with Gasteiger partial charge in [-0.2, -0.15) is 0 Å². The molecule has 0 saturated carbocycles. The quantitative estimate of drug-likeness (QED) is 0.0733. The normalized spacial score (nSPS) is 16.1. The molecule has 19 heteroatoms. The van der Waals surface area contributed by atoms with Crippen LogP contribution < -0.4 is 16.0 Å². The number of benzene rings is 4. The zero-order valence-electron chi connectivity index (χ0n) is 32.9. The Labute approximate surface area is 349 Å². The lowest BCUT2D eigenvalue weighted by Crippen LogP contribution is -2.45. The van der Waals surface area contributed by atoms with E-state index in [4.69, 9.17) is 4.74 Å². The van der Waals surface area contributed by atoms with Gasteiger partial charge in [-0.25, -0.2) is 14.8 Å². The Bertz CT molecular complexity index is 2550. The maximum atomic E-state index is 12.8. The first kappa shape index (κ1) is 42.7.